The highest BCUT2D eigenvalue weighted by atomic mass is 19.3. The lowest BCUT2D eigenvalue weighted by molar-refractivity contribution is -0.215. The minimum absolute atomic E-state index is 0.00920. The molecule has 1 saturated carbocycles. The molecule has 1 aromatic heterocycles. The Hall–Kier alpha value is -2.37. The molecule has 29 heavy (non-hydrogen) atoms. The van der Waals surface area contributed by atoms with Crippen molar-refractivity contribution in [1.82, 2.24) is 4.98 Å². The molecule has 1 aromatic rings. The van der Waals surface area contributed by atoms with E-state index < -0.39 is 5.92 Å². The van der Waals surface area contributed by atoms with Gasteiger partial charge in [0.1, 0.15) is 5.71 Å². The van der Waals surface area contributed by atoms with E-state index >= 15 is 0 Å². The van der Waals surface area contributed by atoms with E-state index in [0.717, 1.165) is 5.56 Å². The van der Waals surface area contributed by atoms with Crippen LogP contribution in [0.5, 0.6) is 0 Å². The molecular formula is C21H26F2N4O2. The summed E-state index contributed by atoms with van der Waals surface area (Å²) in [6.07, 6.45) is 2.40. The summed E-state index contributed by atoms with van der Waals surface area (Å²) in [6.45, 7) is 7.59. The van der Waals surface area contributed by atoms with Crippen LogP contribution in [0.15, 0.2) is 22.4 Å². The third kappa shape index (κ3) is 5.81. The van der Waals surface area contributed by atoms with Crippen LogP contribution in [-0.2, 0) is 9.47 Å². The third-order valence-electron chi connectivity index (χ3n) is 4.76. The van der Waals surface area contributed by atoms with E-state index in [9.17, 15) is 8.78 Å². The second-order valence-corrected chi connectivity index (χ2v) is 8.34. The van der Waals surface area contributed by atoms with Crippen LogP contribution in [0.3, 0.4) is 0 Å². The van der Waals surface area contributed by atoms with E-state index in [-0.39, 0.29) is 30.5 Å². The van der Waals surface area contributed by atoms with E-state index in [0.29, 0.717) is 36.7 Å². The second kappa shape index (κ2) is 8.56. The lowest BCUT2D eigenvalue weighted by Crippen LogP contribution is -2.39. The van der Waals surface area contributed by atoms with Gasteiger partial charge in [-0.15, -0.1) is 0 Å². The van der Waals surface area contributed by atoms with Gasteiger partial charge in [-0.1, -0.05) is 25.7 Å². The van der Waals surface area contributed by atoms with E-state index in [1.54, 1.807) is 12.4 Å². The molecule has 2 heterocycles. The summed E-state index contributed by atoms with van der Waals surface area (Å²) in [4.78, 5) is 8.69. The molecule has 2 aliphatic rings. The normalized spacial score (nSPS) is 22.2. The number of aromatic nitrogens is 1. The minimum Gasteiger partial charge on any atom is -0.350 e. The van der Waals surface area contributed by atoms with E-state index in [4.69, 9.17) is 15.3 Å². The van der Waals surface area contributed by atoms with Crippen LogP contribution in [0.25, 0.3) is 0 Å². The number of pyridine rings is 1. The van der Waals surface area contributed by atoms with Crippen molar-refractivity contribution in [3.05, 3.63) is 29.1 Å². The van der Waals surface area contributed by atoms with Crippen molar-refractivity contribution in [1.29, 1.82) is 0 Å². The number of hydrogen-bond acceptors (Lipinski definition) is 6. The predicted octanol–water partition coefficient (Wildman–Crippen LogP) is 2.92. The zero-order valence-corrected chi connectivity index (χ0v) is 16.9. The molecular weight excluding hydrogens is 378 g/mol. The number of hydrazone groups is 1. The van der Waals surface area contributed by atoms with Gasteiger partial charge in [0, 0.05) is 35.9 Å². The molecule has 1 aliphatic carbocycles. The van der Waals surface area contributed by atoms with Crippen LogP contribution in [0, 0.1) is 30.1 Å². The monoisotopic (exact) mass is 404 g/mol. The Labute approximate surface area is 169 Å². The molecule has 6 nitrogen and oxygen atoms in total. The summed E-state index contributed by atoms with van der Waals surface area (Å²) in [5.41, 5.74) is 2.51. The molecule has 8 heteroatoms. The molecule has 1 saturated heterocycles. The zero-order chi connectivity index (χ0) is 21.1. The second-order valence-electron chi connectivity index (χ2n) is 8.34. The van der Waals surface area contributed by atoms with Crippen LogP contribution in [0.1, 0.15) is 43.5 Å². The highest BCUT2D eigenvalue weighted by Crippen LogP contribution is 2.41. The molecule has 2 N–H and O–H groups in total. The van der Waals surface area contributed by atoms with Crippen LogP contribution in [-0.4, -0.2) is 48.9 Å². The SMILES string of the molecule is Cc1cc(C#CC2CC(F)(F)C2)cnc1/C(C=NCC1OCC(C)(C)CO1)=N/N. The number of rotatable bonds is 4. The molecule has 0 spiro atoms. The van der Waals surface area contributed by atoms with Gasteiger partial charge in [0.2, 0.25) is 0 Å². The molecule has 0 unspecified atom stereocenters. The van der Waals surface area contributed by atoms with Gasteiger partial charge in [0.15, 0.2) is 6.29 Å². The first-order chi connectivity index (χ1) is 13.7. The number of aryl methyl sites for hydroxylation is 1. The Kier molecular flexibility index (Phi) is 6.30. The van der Waals surface area contributed by atoms with Gasteiger partial charge in [0.25, 0.3) is 5.92 Å². The molecule has 0 bridgehead atoms. The summed E-state index contributed by atoms with van der Waals surface area (Å²) in [5.74, 6) is 8.49. The topological polar surface area (TPSA) is 82.1 Å². The van der Waals surface area contributed by atoms with Gasteiger partial charge >= 0.3 is 0 Å². The van der Waals surface area contributed by atoms with Crippen LogP contribution < -0.4 is 5.84 Å². The van der Waals surface area contributed by atoms with Gasteiger partial charge in [-0.25, -0.2) is 8.78 Å². The third-order valence-corrected chi connectivity index (χ3v) is 4.76. The Morgan fingerprint density at radius 2 is 2.03 bits per heavy atom. The highest BCUT2D eigenvalue weighted by molar-refractivity contribution is 6.37. The fraction of sp³-hybridized carbons (Fsp3) is 0.571. The summed E-state index contributed by atoms with van der Waals surface area (Å²) in [7, 11) is 0. The summed E-state index contributed by atoms with van der Waals surface area (Å²) in [6, 6.07) is 1.83. The number of halogens is 2. The Balaban J connectivity index is 1.59. The maximum absolute atomic E-state index is 12.9. The Morgan fingerprint density at radius 3 is 2.62 bits per heavy atom. The predicted molar refractivity (Wildman–Crippen MR) is 107 cm³/mol. The lowest BCUT2D eigenvalue weighted by atomic mass is 9.82. The lowest BCUT2D eigenvalue weighted by Gasteiger charge is -2.33. The average Bonchev–Trinajstić information content (AvgIpc) is 2.63. The molecule has 0 radical (unpaired) electrons. The zero-order valence-electron chi connectivity index (χ0n) is 16.9. The van der Waals surface area contributed by atoms with Gasteiger partial charge < -0.3 is 15.3 Å². The summed E-state index contributed by atoms with van der Waals surface area (Å²) in [5, 5.41) is 3.77. The van der Waals surface area contributed by atoms with Crippen LogP contribution >= 0.6 is 0 Å². The van der Waals surface area contributed by atoms with Crippen LogP contribution in [0.4, 0.5) is 8.78 Å². The number of nitrogens with two attached hydrogens (primary N) is 1. The Morgan fingerprint density at radius 1 is 1.34 bits per heavy atom. The van der Waals surface area contributed by atoms with Crippen molar-refractivity contribution in [3.63, 3.8) is 0 Å². The molecule has 156 valence electrons. The number of hydrogen-bond donors (Lipinski definition) is 1. The van der Waals surface area contributed by atoms with Crippen molar-refractivity contribution in [2.45, 2.75) is 45.8 Å². The fourth-order valence-electron chi connectivity index (χ4n) is 3.07. The number of aliphatic imine (C=N–C) groups is 1. The first kappa shape index (κ1) is 21.3. The molecule has 1 aliphatic heterocycles. The van der Waals surface area contributed by atoms with Crippen molar-refractivity contribution >= 4 is 11.9 Å². The van der Waals surface area contributed by atoms with Crippen molar-refractivity contribution in [2.24, 2.45) is 27.3 Å². The van der Waals surface area contributed by atoms with Crippen molar-refractivity contribution in [3.8, 4) is 11.8 Å². The maximum atomic E-state index is 12.9. The molecule has 2 fully saturated rings. The van der Waals surface area contributed by atoms with Gasteiger partial charge in [-0.3, -0.25) is 9.98 Å². The summed E-state index contributed by atoms with van der Waals surface area (Å²) < 4.78 is 37.0. The largest absolute Gasteiger partial charge is 0.350 e. The van der Waals surface area contributed by atoms with Crippen LogP contribution in [0.2, 0.25) is 0 Å². The summed E-state index contributed by atoms with van der Waals surface area (Å²) >= 11 is 0. The highest BCUT2D eigenvalue weighted by Gasteiger charge is 2.44. The van der Waals surface area contributed by atoms with E-state index in [2.05, 4.69) is 40.8 Å². The van der Waals surface area contributed by atoms with Gasteiger partial charge in [-0.05, 0) is 18.6 Å². The van der Waals surface area contributed by atoms with Crippen molar-refractivity contribution in [2.75, 3.05) is 19.8 Å². The molecule has 0 amide bonds. The first-order valence-corrected chi connectivity index (χ1v) is 9.55. The molecule has 3 rings (SSSR count). The number of alkyl halides is 2. The van der Waals surface area contributed by atoms with Gasteiger partial charge in [-0.2, -0.15) is 5.10 Å². The standard InChI is InChI=1S/C21H26F2N4O2/c1-14-6-15(4-5-16-7-21(22,23)8-16)9-26-19(14)17(27-24)10-25-11-18-28-12-20(2,3)13-29-18/h6,9-10,16,18H,7-8,11-13,24H2,1-3H3/b25-10?,27-17+. The number of nitrogens with zero attached hydrogens (tertiary/aromatic N) is 3. The Bertz CT molecular complexity index is 853. The van der Waals surface area contributed by atoms with E-state index in [1.165, 1.54) is 0 Å². The van der Waals surface area contributed by atoms with Gasteiger partial charge in [0.05, 0.1) is 31.7 Å². The smallest absolute Gasteiger partial charge is 0.250 e. The molecule has 0 atom stereocenters. The molecule has 0 aromatic carbocycles. The minimum atomic E-state index is -2.56. The average molecular weight is 404 g/mol. The van der Waals surface area contributed by atoms with E-state index in [1.807, 2.05) is 13.0 Å². The first-order valence-electron chi connectivity index (χ1n) is 9.55. The van der Waals surface area contributed by atoms with Crippen molar-refractivity contribution < 1.29 is 18.3 Å². The fourth-order valence-corrected chi connectivity index (χ4v) is 3.07. The number of ether oxygens (including phenoxy) is 2. The maximum Gasteiger partial charge on any atom is 0.250 e. The quantitative estimate of drug-likeness (QED) is 0.362.